The molecular weight excluding hydrogens is 246 g/mol. The van der Waals surface area contributed by atoms with Gasteiger partial charge in [0.05, 0.1) is 0 Å². The number of rotatable bonds is 4. The first kappa shape index (κ1) is 8.31. The average Bonchev–Trinajstić information content (AvgIpc) is 1.69. The zero-order valence-electron chi connectivity index (χ0n) is 4.04. The van der Waals surface area contributed by atoms with Gasteiger partial charge in [-0.2, -0.15) is 0 Å². The summed E-state index contributed by atoms with van der Waals surface area (Å²) in [6.45, 7) is 0. The summed E-state index contributed by atoms with van der Waals surface area (Å²) in [5.74, 6) is 0. The van der Waals surface area contributed by atoms with Crippen LogP contribution in [0.2, 0.25) is 0 Å². The molecule has 0 fully saturated rings. The fraction of sp³-hybridized carbons (Fsp3) is 1.00. The molecule has 0 radical (unpaired) electrons. The van der Waals surface area contributed by atoms with Gasteiger partial charge < -0.3 is 0 Å². The third kappa shape index (κ3) is 7.31. The van der Waals surface area contributed by atoms with E-state index in [0.29, 0.717) is 0 Å². The van der Waals surface area contributed by atoms with Crippen LogP contribution in [0.3, 0.4) is 0 Å². The second-order valence-electron chi connectivity index (χ2n) is 0.537. The molecule has 0 bridgehead atoms. The van der Waals surface area contributed by atoms with Crippen LogP contribution in [0.25, 0.3) is 0 Å². The van der Waals surface area contributed by atoms with Crippen LogP contribution in [0.15, 0.2) is 0 Å². The van der Waals surface area contributed by atoms with Crippen molar-refractivity contribution in [1.82, 2.24) is 0 Å². The van der Waals surface area contributed by atoms with E-state index in [9.17, 15) is 0 Å². The maximum absolute atomic E-state index is 4.80. The minimum atomic E-state index is 0.288. The van der Waals surface area contributed by atoms with Crippen molar-refractivity contribution in [2.45, 2.75) is 0 Å². The summed E-state index contributed by atoms with van der Waals surface area (Å²) in [5.41, 5.74) is 0. The molecule has 0 amide bonds. The van der Waals surface area contributed by atoms with Crippen LogP contribution < -0.4 is 0 Å². The van der Waals surface area contributed by atoms with E-state index in [0.717, 1.165) is 0 Å². The molecule has 0 unspecified atom stereocenters. The molecule has 0 aliphatic rings. The first-order chi connectivity index (χ1) is 3.41. The van der Waals surface area contributed by atoms with Gasteiger partial charge >= 0.3 is 58.8 Å². The van der Waals surface area contributed by atoms with Gasteiger partial charge in [0.2, 0.25) is 0 Å². The van der Waals surface area contributed by atoms with Crippen LogP contribution in [0.4, 0.5) is 0 Å². The third-order valence-electron chi connectivity index (χ3n) is 0.192. The van der Waals surface area contributed by atoms with Crippen molar-refractivity contribution in [3.8, 4) is 0 Å². The van der Waals surface area contributed by atoms with E-state index in [1.165, 1.54) is 0 Å². The van der Waals surface area contributed by atoms with Gasteiger partial charge in [-0.1, -0.05) is 0 Å². The van der Waals surface area contributed by atoms with Gasteiger partial charge in [0.25, 0.3) is 0 Å². The van der Waals surface area contributed by atoms with Gasteiger partial charge in [0.1, 0.15) is 0 Å². The summed E-state index contributed by atoms with van der Waals surface area (Å²) < 4.78 is 9.61. The Kier molecular flexibility index (Phi) is 8.68. The molecule has 0 aromatic carbocycles. The molecule has 0 saturated carbocycles. The van der Waals surface area contributed by atoms with Crippen molar-refractivity contribution in [3.63, 3.8) is 0 Å². The summed E-state index contributed by atoms with van der Waals surface area (Å²) in [4.78, 5) is 0. The van der Waals surface area contributed by atoms with Crippen LogP contribution in [0, 0.1) is 0 Å². The summed E-state index contributed by atoms with van der Waals surface area (Å²) in [6, 6.07) is 0. The van der Waals surface area contributed by atoms with E-state index in [-0.39, 0.29) is 28.3 Å². The van der Waals surface area contributed by atoms with E-state index < -0.39 is 0 Å². The van der Waals surface area contributed by atoms with E-state index in [2.05, 4.69) is 0 Å². The molecular formula is C2H6O2SSe2. The molecule has 2 nitrogen and oxygen atoms in total. The SMILES string of the molecule is CO[Se]S[Se]OC. The molecule has 0 N–H and O–H groups in total. The van der Waals surface area contributed by atoms with Crippen molar-refractivity contribution >= 4 is 36.9 Å². The summed E-state index contributed by atoms with van der Waals surface area (Å²) in [6.07, 6.45) is 0. The van der Waals surface area contributed by atoms with E-state index in [1.54, 1.807) is 22.8 Å². The monoisotopic (exact) mass is 254 g/mol. The molecule has 0 spiro atoms. The van der Waals surface area contributed by atoms with Crippen LogP contribution in [-0.2, 0) is 7.64 Å². The Labute approximate surface area is 58.8 Å². The zero-order chi connectivity index (χ0) is 5.54. The molecule has 7 heavy (non-hydrogen) atoms. The maximum atomic E-state index is 4.80. The van der Waals surface area contributed by atoms with Crippen molar-refractivity contribution in [2.75, 3.05) is 14.2 Å². The number of hydrogen-bond acceptors (Lipinski definition) is 3. The molecule has 5 heteroatoms. The van der Waals surface area contributed by atoms with Crippen LogP contribution in [0.1, 0.15) is 0 Å². The first-order valence-corrected chi connectivity index (χ1v) is 7.74. The molecule has 0 aromatic heterocycles. The van der Waals surface area contributed by atoms with Crippen LogP contribution in [-0.4, -0.2) is 42.6 Å². The molecule has 44 valence electrons. The van der Waals surface area contributed by atoms with E-state index in [1.807, 2.05) is 0 Å². The van der Waals surface area contributed by atoms with E-state index in [4.69, 9.17) is 7.64 Å². The molecule has 0 aliphatic heterocycles. The molecule has 0 heterocycles. The molecule has 0 rings (SSSR count). The topological polar surface area (TPSA) is 18.5 Å². The Hall–Kier alpha value is 1.31. The van der Waals surface area contributed by atoms with Gasteiger partial charge in [-0.15, -0.1) is 0 Å². The Bertz CT molecular complexity index is 32.9. The van der Waals surface area contributed by atoms with Gasteiger partial charge in [0.15, 0.2) is 0 Å². The van der Waals surface area contributed by atoms with Gasteiger partial charge in [-0.3, -0.25) is 0 Å². The van der Waals surface area contributed by atoms with Crippen LogP contribution in [0.5, 0.6) is 0 Å². The average molecular weight is 252 g/mol. The Morgan fingerprint density at radius 3 is 1.86 bits per heavy atom. The first-order valence-electron chi connectivity index (χ1n) is 1.48. The van der Waals surface area contributed by atoms with Crippen molar-refractivity contribution in [3.05, 3.63) is 0 Å². The Morgan fingerprint density at radius 1 is 1.14 bits per heavy atom. The summed E-state index contributed by atoms with van der Waals surface area (Å²) in [7, 11) is 5.15. The molecule has 0 saturated heterocycles. The summed E-state index contributed by atoms with van der Waals surface area (Å²) in [5, 5.41) is 0. The standard InChI is InChI=1S/C2H6O2SSe2/c1-3-6-5-7-4-2/h1-2H3. The molecule has 0 aromatic rings. The predicted octanol–water partition coefficient (Wildman–Crippen LogP) is 0.0808. The minimum absolute atomic E-state index is 0.288. The second kappa shape index (κ2) is 7.31. The third-order valence-corrected chi connectivity index (χ3v) is 6.62. The normalized spacial score (nSPS) is 9.43. The van der Waals surface area contributed by atoms with Gasteiger partial charge in [-0.25, -0.2) is 0 Å². The summed E-state index contributed by atoms with van der Waals surface area (Å²) >= 11 is 0.575. The van der Waals surface area contributed by atoms with E-state index >= 15 is 0 Å². The van der Waals surface area contributed by atoms with Gasteiger partial charge in [0, 0.05) is 0 Å². The Morgan fingerprint density at radius 2 is 1.57 bits per heavy atom. The Balaban J connectivity index is 2.45. The van der Waals surface area contributed by atoms with Gasteiger partial charge in [-0.05, 0) is 0 Å². The van der Waals surface area contributed by atoms with Crippen LogP contribution >= 0.6 is 8.60 Å². The van der Waals surface area contributed by atoms with Crippen molar-refractivity contribution < 1.29 is 7.64 Å². The number of hydrogen-bond donors (Lipinski definition) is 0. The van der Waals surface area contributed by atoms with Crippen molar-refractivity contribution in [2.24, 2.45) is 0 Å². The fourth-order valence-electron chi connectivity index (χ4n) is 0.0669. The fourth-order valence-corrected chi connectivity index (χ4v) is 5.42. The second-order valence-corrected chi connectivity index (χ2v) is 9.36. The molecule has 0 atom stereocenters. The predicted molar refractivity (Wildman–Crippen MR) is 33.1 cm³/mol. The van der Waals surface area contributed by atoms with Crippen molar-refractivity contribution in [1.29, 1.82) is 0 Å². The molecule has 0 aliphatic carbocycles. The quantitative estimate of drug-likeness (QED) is 0.521. The zero-order valence-corrected chi connectivity index (χ0v) is 8.28.